The van der Waals surface area contributed by atoms with E-state index in [0.29, 0.717) is 0 Å². The fourth-order valence-corrected chi connectivity index (χ4v) is 3.35. The fourth-order valence-electron chi connectivity index (χ4n) is 2.95. The Balaban J connectivity index is 1.77. The molecule has 0 bridgehead atoms. The van der Waals surface area contributed by atoms with Gasteiger partial charge in [-0.05, 0) is 68.9 Å². The van der Waals surface area contributed by atoms with Gasteiger partial charge < -0.3 is 9.31 Å². The third kappa shape index (κ3) is 4.70. The van der Waals surface area contributed by atoms with Gasteiger partial charge in [0.2, 0.25) is 0 Å². The van der Waals surface area contributed by atoms with Crippen LogP contribution in [0.4, 0.5) is 0 Å². The average Bonchev–Trinajstić information content (AvgIpc) is 2.88. The molecule has 2 aromatic rings. The Morgan fingerprint density at radius 1 is 1.00 bits per heavy atom. The zero-order valence-electron chi connectivity index (χ0n) is 17.3. The normalized spacial score (nSPS) is 18.5. The molecule has 0 aliphatic carbocycles. The molecule has 0 aromatic heterocycles. The standard InChI is InChI=1S/C22H27BO4S/c1-16(18-10-12-20(13-11-18)28-27-24-6)14-17-8-7-9-19(15-17)23-25-21(2,3)22(4,5)26-23/h7-15H,1-6H3/b16-14-. The number of rotatable bonds is 6. The largest absolute Gasteiger partial charge is 0.494 e. The van der Waals surface area contributed by atoms with Gasteiger partial charge in [-0.2, -0.15) is 4.33 Å². The molecule has 6 heteroatoms. The van der Waals surface area contributed by atoms with Crippen molar-refractivity contribution in [1.29, 1.82) is 0 Å². The Labute approximate surface area is 172 Å². The van der Waals surface area contributed by atoms with E-state index in [-0.39, 0.29) is 18.3 Å². The first kappa shape index (κ1) is 21.2. The van der Waals surface area contributed by atoms with E-state index in [0.717, 1.165) is 21.5 Å². The third-order valence-electron chi connectivity index (χ3n) is 5.33. The summed E-state index contributed by atoms with van der Waals surface area (Å²) < 4.78 is 17.2. The van der Waals surface area contributed by atoms with E-state index < -0.39 is 0 Å². The molecule has 0 atom stereocenters. The van der Waals surface area contributed by atoms with Crippen LogP contribution in [0, 0.1) is 0 Å². The Morgan fingerprint density at radius 2 is 1.64 bits per heavy atom. The highest BCUT2D eigenvalue weighted by Crippen LogP contribution is 2.36. The van der Waals surface area contributed by atoms with Crippen LogP contribution in [0.3, 0.4) is 0 Å². The molecular weight excluding hydrogens is 371 g/mol. The minimum absolute atomic E-state index is 0.342. The fraction of sp³-hybridized carbons (Fsp3) is 0.364. The van der Waals surface area contributed by atoms with E-state index in [1.165, 1.54) is 24.7 Å². The maximum Gasteiger partial charge on any atom is 0.494 e. The van der Waals surface area contributed by atoms with Crippen LogP contribution >= 0.6 is 12.0 Å². The molecular formula is C22H27BO4S. The molecule has 0 unspecified atom stereocenters. The van der Waals surface area contributed by atoms with Crippen molar-refractivity contribution in [1.82, 2.24) is 0 Å². The lowest BCUT2D eigenvalue weighted by Crippen LogP contribution is -2.41. The third-order valence-corrected chi connectivity index (χ3v) is 6.00. The summed E-state index contributed by atoms with van der Waals surface area (Å²) in [5.41, 5.74) is 3.80. The minimum atomic E-state index is -0.351. The monoisotopic (exact) mass is 398 g/mol. The number of allylic oxidation sites excluding steroid dienone is 1. The second kappa shape index (κ2) is 8.43. The van der Waals surface area contributed by atoms with E-state index in [4.69, 9.17) is 13.6 Å². The maximum atomic E-state index is 6.17. The highest BCUT2D eigenvalue weighted by molar-refractivity contribution is 7.94. The highest BCUT2D eigenvalue weighted by Gasteiger charge is 2.51. The summed E-state index contributed by atoms with van der Waals surface area (Å²) in [6.07, 6.45) is 2.17. The average molecular weight is 398 g/mol. The van der Waals surface area contributed by atoms with Gasteiger partial charge in [-0.3, -0.25) is 0 Å². The summed E-state index contributed by atoms with van der Waals surface area (Å²) in [6, 6.07) is 16.5. The molecule has 28 heavy (non-hydrogen) atoms. The molecule has 0 amide bonds. The van der Waals surface area contributed by atoms with Gasteiger partial charge in [0, 0.05) is 4.90 Å². The molecule has 3 rings (SSSR count). The van der Waals surface area contributed by atoms with Crippen LogP contribution in [0.1, 0.15) is 45.7 Å². The van der Waals surface area contributed by atoms with Crippen LogP contribution in [0.25, 0.3) is 11.6 Å². The molecule has 0 spiro atoms. The summed E-state index contributed by atoms with van der Waals surface area (Å²) in [7, 11) is 1.14. The molecule has 0 radical (unpaired) electrons. The van der Waals surface area contributed by atoms with E-state index in [1.807, 2.05) is 18.2 Å². The van der Waals surface area contributed by atoms with Crippen LogP contribution in [0.5, 0.6) is 0 Å². The molecule has 0 saturated carbocycles. The summed E-state index contributed by atoms with van der Waals surface area (Å²) in [4.78, 5) is 5.60. The Bertz CT molecular complexity index is 830. The lowest BCUT2D eigenvalue weighted by atomic mass is 9.78. The minimum Gasteiger partial charge on any atom is -0.399 e. The van der Waals surface area contributed by atoms with Gasteiger partial charge in [-0.25, -0.2) is 4.89 Å². The van der Waals surface area contributed by atoms with Gasteiger partial charge in [0.05, 0.1) is 30.4 Å². The van der Waals surface area contributed by atoms with Gasteiger partial charge in [0.25, 0.3) is 0 Å². The molecule has 1 heterocycles. The first-order valence-corrected chi connectivity index (χ1v) is 10.1. The van der Waals surface area contributed by atoms with E-state index >= 15 is 0 Å². The summed E-state index contributed by atoms with van der Waals surface area (Å²) in [5, 5.41) is 0. The van der Waals surface area contributed by atoms with E-state index in [1.54, 1.807) is 0 Å². The van der Waals surface area contributed by atoms with Crippen molar-refractivity contribution < 1.29 is 18.5 Å². The first-order chi connectivity index (χ1) is 13.2. The van der Waals surface area contributed by atoms with Crippen LogP contribution in [-0.4, -0.2) is 25.4 Å². The Hall–Kier alpha value is -1.57. The predicted octanol–water partition coefficient (Wildman–Crippen LogP) is 5.13. The van der Waals surface area contributed by atoms with Crippen LogP contribution < -0.4 is 5.46 Å². The topological polar surface area (TPSA) is 36.9 Å². The zero-order chi connectivity index (χ0) is 20.4. The quantitative estimate of drug-likeness (QED) is 0.222. The van der Waals surface area contributed by atoms with Crippen molar-refractivity contribution in [2.45, 2.75) is 50.7 Å². The molecule has 1 fully saturated rings. The summed E-state index contributed by atoms with van der Waals surface area (Å²) in [6.45, 7) is 10.4. The van der Waals surface area contributed by atoms with Crippen molar-refractivity contribution in [3.8, 4) is 0 Å². The lowest BCUT2D eigenvalue weighted by Gasteiger charge is -2.32. The van der Waals surface area contributed by atoms with Gasteiger partial charge in [-0.15, -0.1) is 0 Å². The second-order valence-corrected chi connectivity index (χ2v) is 8.70. The highest BCUT2D eigenvalue weighted by atomic mass is 32.2. The van der Waals surface area contributed by atoms with Crippen molar-refractivity contribution in [3.63, 3.8) is 0 Å². The van der Waals surface area contributed by atoms with E-state index in [9.17, 15) is 0 Å². The van der Waals surface area contributed by atoms with Crippen molar-refractivity contribution in [2.24, 2.45) is 0 Å². The smallest absolute Gasteiger partial charge is 0.399 e. The predicted molar refractivity (Wildman–Crippen MR) is 116 cm³/mol. The van der Waals surface area contributed by atoms with Crippen LogP contribution in [-0.2, 0) is 18.5 Å². The van der Waals surface area contributed by atoms with Gasteiger partial charge in [0.1, 0.15) is 0 Å². The van der Waals surface area contributed by atoms with Gasteiger partial charge >= 0.3 is 7.12 Å². The van der Waals surface area contributed by atoms with Crippen LogP contribution in [0.15, 0.2) is 53.4 Å². The van der Waals surface area contributed by atoms with Crippen LogP contribution in [0.2, 0.25) is 0 Å². The number of benzene rings is 2. The SMILES string of the molecule is COOSc1ccc(/C(C)=C\c2cccc(B3OC(C)(C)C(C)(C)O3)c2)cc1. The molecule has 2 aromatic carbocycles. The molecule has 148 valence electrons. The summed E-state index contributed by atoms with van der Waals surface area (Å²) in [5.74, 6) is 0. The first-order valence-electron chi connectivity index (χ1n) is 9.33. The summed E-state index contributed by atoms with van der Waals surface area (Å²) >= 11 is 1.19. The van der Waals surface area contributed by atoms with Gasteiger partial charge in [-0.1, -0.05) is 42.5 Å². The number of hydrogen-bond acceptors (Lipinski definition) is 5. The number of hydrogen-bond donors (Lipinski definition) is 0. The molecule has 1 saturated heterocycles. The molecule has 1 aliphatic rings. The molecule has 4 nitrogen and oxygen atoms in total. The zero-order valence-corrected chi connectivity index (χ0v) is 18.1. The van der Waals surface area contributed by atoms with Crippen molar-refractivity contribution in [3.05, 3.63) is 59.7 Å². The van der Waals surface area contributed by atoms with E-state index in [2.05, 4.69) is 75.9 Å². The second-order valence-electron chi connectivity index (χ2n) is 7.93. The Morgan fingerprint density at radius 3 is 2.25 bits per heavy atom. The van der Waals surface area contributed by atoms with Gasteiger partial charge in [0.15, 0.2) is 0 Å². The maximum absolute atomic E-state index is 6.17. The lowest BCUT2D eigenvalue weighted by molar-refractivity contribution is -0.160. The molecule has 0 N–H and O–H groups in total. The Kier molecular flexibility index (Phi) is 6.37. The van der Waals surface area contributed by atoms with Crippen molar-refractivity contribution >= 4 is 36.3 Å². The molecule has 1 aliphatic heterocycles. The van der Waals surface area contributed by atoms with Crippen molar-refractivity contribution in [2.75, 3.05) is 7.11 Å².